The summed E-state index contributed by atoms with van der Waals surface area (Å²) in [6.07, 6.45) is 1.96. The SMILES string of the molecule is Cc1ccc(N(N)C(=O)C2CC2)c(I)c1. The Morgan fingerprint density at radius 2 is 2.20 bits per heavy atom. The van der Waals surface area contributed by atoms with Crippen molar-refractivity contribution in [3.63, 3.8) is 0 Å². The molecule has 1 fully saturated rings. The number of benzene rings is 1. The van der Waals surface area contributed by atoms with Crippen LogP contribution in [0.4, 0.5) is 5.69 Å². The molecule has 15 heavy (non-hydrogen) atoms. The van der Waals surface area contributed by atoms with Crippen LogP contribution < -0.4 is 10.9 Å². The quantitative estimate of drug-likeness (QED) is 0.394. The number of nitrogens with two attached hydrogens (primary N) is 1. The first kappa shape index (κ1) is 10.9. The summed E-state index contributed by atoms with van der Waals surface area (Å²) in [7, 11) is 0. The Morgan fingerprint density at radius 1 is 1.53 bits per heavy atom. The normalized spacial score (nSPS) is 15.1. The van der Waals surface area contributed by atoms with E-state index in [4.69, 9.17) is 5.84 Å². The van der Waals surface area contributed by atoms with Crippen LogP contribution in [0.25, 0.3) is 0 Å². The van der Waals surface area contributed by atoms with E-state index in [0.717, 1.165) is 22.1 Å². The minimum absolute atomic E-state index is 0.0387. The molecular weight excluding hydrogens is 303 g/mol. The Bertz CT molecular complexity index is 402. The van der Waals surface area contributed by atoms with Crippen LogP contribution in [0.5, 0.6) is 0 Å². The predicted octanol–water partition coefficient (Wildman–Crippen LogP) is 2.22. The first-order valence-electron chi connectivity index (χ1n) is 4.94. The first-order valence-corrected chi connectivity index (χ1v) is 6.02. The third kappa shape index (κ3) is 2.31. The number of hydrazine groups is 1. The second-order valence-electron chi connectivity index (χ2n) is 3.94. The largest absolute Gasteiger partial charge is 0.273 e. The predicted molar refractivity (Wildman–Crippen MR) is 68.3 cm³/mol. The van der Waals surface area contributed by atoms with Crippen LogP contribution >= 0.6 is 22.6 Å². The Labute approximate surface area is 103 Å². The number of hydrogen-bond donors (Lipinski definition) is 1. The highest BCUT2D eigenvalue weighted by atomic mass is 127. The smallest absolute Gasteiger partial charge is 0.244 e. The number of nitrogens with zero attached hydrogens (tertiary/aromatic N) is 1. The second-order valence-corrected chi connectivity index (χ2v) is 5.10. The van der Waals surface area contributed by atoms with Gasteiger partial charge in [0.25, 0.3) is 0 Å². The highest BCUT2D eigenvalue weighted by Crippen LogP contribution is 2.32. The number of aryl methyl sites for hydroxylation is 1. The molecule has 4 heteroatoms. The summed E-state index contributed by atoms with van der Waals surface area (Å²) in [5.41, 5.74) is 1.98. The number of halogens is 1. The van der Waals surface area contributed by atoms with Crippen LogP contribution in [0.15, 0.2) is 18.2 Å². The molecule has 1 amide bonds. The maximum Gasteiger partial charge on any atom is 0.244 e. The Hall–Kier alpha value is -0.620. The van der Waals surface area contributed by atoms with Crippen molar-refractivity contribution in [3.05, 3.63) is 27.3 Å². The zero-order chi connectivity index (χ0) is 11.0. The minimum Gasteiger partial charge on any atom is -0.273 e. The van der Waals surface area contributed by atoms with Crippen molar-refractivity contribution in [1.82, 2.24) is 0 Å². The summed E-state index contributed by atoms with van der Waals surface area (Å²) >= 11 is 2.20. The minimum atomic E-state index is 0.0387. The van der Waals surface area contributed by atoms with Gasteiger partial charge in [-0.05, 0) is 60.1 Å². The summed E-state index contributed by atoms with van der Waals surface area (Å²) in [5.74, 6) is 6.01. The molecule has 0 unspecified atom stereocenters. The molecule has 1 aliphatic carbocycles. The Morgan fingerprint density at radius 3 is 2.73 bits per heavy atom. The van der Waals surface area contributed by atoms with Crippen molar-refractivity contribution >= 4 is 34.2 Å². The van der Waals surface area contributed by atoms with E-state index in [9.17, 15) is 4.79 Å². The molecule has 0 radical (unpaired) electrons. The molecule has 0 heterocycles. The maximum atomic E-state index is 11.7. The lowest BCUT2D eigenvalue weighted by atomic mass is 10.2. The highest BCUT2D eigenvalue weighted by molar-refractivity contribution is 14.1. The van der Waals surface area contributed by atoms with Gasteiger partial charge in [-0.1, -0.05) is 6.07 Å². The fraction of sp³-hybridized carbons (Fsp3) is 0.364. The molecule has 1 aliphatic rings. The van der Waals surface area contributed by atoms with Crippen LogP contribution in [-0.4, -0.2) is 5.91 Å². The molecule has 1 saturated carbocycles. The zero-order valence-electron chi connectivity index (χ0n) is 8.53. The van der Waals surface area contributed by atoms with Crippen molar-refractivity contribution in [3.8, 4) is 0 Å². The van der Waals surface area contributed by atoms with E-state index >= 15 is 0 Å². The summed E-state index contributed by atoms with van der Waals surface area (Å²) in [6, 6.07) is 5.89. The van der Waals surface area contributed by atoms with Crippen molar-refractivity contribution in [2.75, 3.05) is 5.01 Å². The van der Waals surface area contributed by atoms with Crippen LogP contribution in [0.2, 0.25) is 0 Å². The van der Waals surface area contributed by atoms with E-state index < -0.39 is 0 Å². The van der Waals surface area contributed by atoms with Crippen LogP contribution in [0.3, 0.4) is 0 Å². The molecule has 0 atom stereocenters. The maximum absolute atomic E-state index is 11.7. The van der Waals surface area contributed by atoms with Gasteiger partial charge in [-0.3, -0.25) is 4.79 Å². The van der Waals surface area contributed by atoms with E-state index in [1.807, 2.05) is 25.1 Å². The van der Waals surface area contributed by atoms with Crippen molar-refractivity contribution < 1.29 is 4.79 Å². The number of hydrogen-bond acceptors (Lipinski definition) is 2. The van der Waals surface area contributed by atoms with Gasteiger partial charge < -0.3 is 0 Å². The topological polar surface area (TPSA) is 46.3 Å². The van der Waals surface area contributed by atoms with Crippen molar-refractivity contribution in [1.29, 1.82) is 0 Å². The number of carbonyl (C=O) groups excluding carboxylic acids is 1. The lowest BCUT2D eigenvalue weighted by Crippen LogP contribution is -2.39. The first-order chi connectivity index (χ1) is 7.09. The summed E-state index contributed by atoms with van der Waals surface area (Å²) in [6.45, 7) is 2.02. The molecule has 0 bridgehead atoms. The van der Waals surface area contributed by atoms with Crippen LogP contribution in [-0.2, 0) is 4.79 Å². The molecule has 1 aromatic rings. The average molecular weight is 316 g/mol. The third-order valence-corrected chi connectivity index (χ3v) is 3.39. The molecule has 3 nitrogen and oxygen atoms in total. The van der Waals surface area contributed by atoms with Gasteiger partial charge in [0.1, 0.15) is 0 Å². The molecule has 0 aliphatic heterocycles. The van der Waals surface area contributed by atoms with Gasteiger partial charge in [-0.15, -0.1) is 0 Å². The number of anilines is 1. The van der Waals surface area contributed by atoms with E-state index in [1.54, 1.807) is 0 Å². The third-order valence-electron chi connectivity index (χ3n) is 2.53. The molecule has 0 saturated heterocycles. The van der Waals surface area contributed by atoms with Gasteiger partial charge in [0, 0.05) is 9.49 Å². The molecular formula is C11H13IN2O. The van der Waals surface area contributed by atoms with E-state index in [2.05, 4.69) is 22.6 Å². The number of carbonyl (C=O) groups is 1. The summed E-state index contributed by atoms with van der Waals surface area (Å²) in [5, 5.41) is 1.29. The van der Waals surface area contributed by atoms with Crippen LogP contribution in [0, 0.1) is 16.4 Å². The summed E-state index contributed by atoms with van der Waals surface area (Å²) in [4.78, 5) is 11.7. The molecule has 1 aromatic carbocycles. The monoisotopic (exact) mass is 316 g/mol. The molecule has 0 aromatic heterocycles. The highest BCUT2D eigenvalue weighted by Gasteiger charge is 2.33. The van der Waals surface area contributed by atoms with Crippen LogP contribution in [0.1, 0.15) is 18.4 Å². The number of amides is 1. The molecule has 2 rings (SSSR count). The lowest BCUT2D eigenvalue weighted by Gasteiger charge is -2.18. The molecule has 0 spiro atoms. The molecule has 2 N–H and O–H groups in total. The summed E-state index contributed by atoms with van der Waals surface area (Å²) < 4.78 is 1.02. The fourth-order valence-electron chi connectivity index (χ4n) is 1.45. The van der Waals surface area contributed by atoms with Gasteiger partial charge in [-0.2, -0.15) is 0 Å². The standard InChI is InChI=1S/C11H13IN2O/c1-7-2-5-10(9(12)6-7)14(13)11(15)8-3-4-8/h2,5-6,8H,3-4,13H2,1H3. The zero-order valence-corrected chi connectivity index (χ0v) is 10.7. The average Bonchev–Trinajstić information content (AvgIpc) is 2.99. The van der Waals surface area contributed by atoms with E-state index in [0.29, 0.717) is 0 Å². The fourth-order valence-corrected chi connectivity index (χ4v) is 2.38. The second kappa shape index (κ2) is 4.09. The Balaban J connectivity index is 2.24. The Kier molecular flexibility index (Phi) is 2.97. The van der Waals surface area contributed by atoms with Gasteiger partial charge in [0.2, 0.25) is 5.91 Å². The lowest BCUT2D eigenvalue weighted by molar-refractivity contribution is -0.119. The van der Waals surface area contributed by atoms with E-state index in [1.165, 1.54) is 10.6 Å². The van der Waals surface area contributed by atoms with Gasteiger partial charge >= 0.3 is 0 Å². The van der Waals surface area contributed by atoms with Gasteiger partial charge in [0.05, 0.1) is 5.69 Å². The van der Waals surface area contributed by atoms with Gasteiger partial charge in [0.15, 0.2) is 0 Å². The van der Waals surface area contributed by atoms with E-state index in [-0.39, 0.29) is 11.8 Å². The van der Waals surface area contributed by atoms with Crippen molar-refractivity contribution in [2.45, 2.75) is 19.8 Å². The molecule has 80 valence electrons. The number of rotatable bonds is 2. The van der Waals surface area contributed by atoms with Gasteiger partial charge in [-0.25, -0.2) is 10.9 Å². The van der Waals surface area contributed by atoms with Crippen molar-refractivity contribution in [2.24, 2.45) is 11.8 Å².